The summed E-state index contributed by atoms with van der Waals surface area (Å²) in [6.07, 6.45) is -4.05. The second-order valence-electron chi connectivity index (χ2n) is 10.3. The fraction of sp³-hybridized carbons (Fsp3) is 0.407. The van der Waals surface area contributed by atoms with Crippen molar-refractivity contribution >= 4 is 32.1 Å². The van der Waals surface area contributed by atoms with Gasteiger partial charge in [0.25, 0.3) is 5.89 Å². The molecule has 226 valence electrons. The van der Waals surface area contributed by atoms with Crippen LogP contribution in [0.25, 0.3) is 22.5 Å². The van der Waals surface area contributed by atoms with Crippen molar-refractivity contribution in [1.82, 2.24) is 19.7 Å². The van der Waals surface area contributed by atoms with Crippen molar-refractivity contribution in [2.75, 3.05) is 44.1 Å². The van der Waals surface area contributed by atoms with Gasteiger partial charge in [0.15, 0.2) is 9.84 Å². The minimum atomic E-state index is -4.54. The average Bonchev–Trinajstić information content (AvgIpc) is 3.53. The second kappa shape index (κ2) is 11.4. The summed E-state index contributed by atoms with van der Waals surface area (Å²) in [7, 11) is -0.219. The number of methoxy groups -OCH3 is 1. The van der Waals surface area contributed by atoms with Gasteiger partial charge < -0.3 is 29.3 Å². The van der Waals surface area contributed by atoms with Gasteiger partial charge in [-0.15, -0.1) is 10.2 Å². The molecule has 2 N–H and O–H groups in total. The van der Waals surface area contributed by atoms with E-state index in [9.17, 15) is 26.0 Å². The van der Waals surface area contributed by atoms with Crippen molar-refractivity contribution in [1.29, 1.82) is 0 Å². The number of nitrogens with zero attached hydrogens (tertiary/aromatic N) is 4. The second-order valence-corrected chi connectivity index (χ2v) is 12.3. The molecule has 3 heterocycles. The van der Waals surface area contributed by atoms with E-state index < -0.39 is 34.8 Å². The highest BCUT2D eigenvalue weighted by atomic mass is 32.2. The van der Waals surface area contributed by atoms with Gasteiger partial charge >= 0.3 is 6.18 Å². The Labute approximate surface area is 239 Å². The minimum absolute atomic E-state index is 0.0120. The van der Waals surface area contributed by atoms with Crippen molar-refractivity contribution < 1.29 is 35.1 Å². The Morgan fingerprint density at radius 3 is 2.62 bits per heavy atom. The predicted molar refractivity (Wildman–Crippen MR) is 149 cm³/mol. The third kappa shape index (κ3) is 6.46. The Balaban J connectivity index is 1.44. The molecule has 1 saturated heterocycles. The topological polar surface area (TPSA) is 115 Å². The molecule has 0 spiro atoms. The Morgan fingerprint density at radius 1 is 1.14 bits per heavy atom. The standard InChI is InChI=1S/C27H30F4N6O4S/c1-36-10-9-20(18(28)14-36)33-19-5-4-6-22-17(19)12-23(37(22)15-27(29,30)31)26-35-34-25(41-26)13-32-21-8-7-16(42(3,38)39)11-24(21)40-2/h4-8,11-12,18,20,32-33H,9-10,13-15H2,1-3H3/t18-,20-/m0/s1. The lowest BCUT2D eigenvalue weighted by atomic mass is 10.0. The normalized spacial score (nSPS) is 18.4. The van der Waals surface area contributed by atoms with E-state index in [2.05, 4.69) is 20.8 Å². The molecule has 5 rings (SSSR count). The summed E-state index contributed by atoms with van der Waals surface area (Å²) in [5.41, 5.74) is 1.30. The highest BCUT2D eigenvalue weighted by molar-refractivity contribution is 7.90. The van der Waals surface area contributed by atoms with Crippen LogP contribution in [0.3, 0.4) is 0 Å². The number of nitrogens with one attached hydrogen (secondary N) is 2. The maximum Gasteiger partial charge on any atom is 0.406 e. The van der Waals surface area contributed by atoms with E-state index in [0.29, 0.717) is 29.7 Å². The molecule has 10 nitrogen and oxygen atoms in total. The van der Waals surface area contributed by atoms with E-state index in [1.807, 2.05) is 11.9 Å². The van der Waals surface area contributed by atoms with Gasteiger partial charge in [0, 0.05) is 36.5 Å². The molecule has 42 heavy (non-hydrogen) atoms. The van der Waals surface area contributed by atoms with Gasteiger partial charge in [-0.2, -0.15) is 13.2 Å². The molecule has 2 aromatic heterocycles. The largest absolute Gasteiger partial charge is 0.495 e. The highest BCUT2D eigenvalue weighted by Crippen LogP contribution is 2.36. The van der Waals surface area contributed by atoms with Crippen LogP contribution in [0.15, 0.2) is 51.8 Å². The quantitative estimate of drug-likeness (QED) is 0.260. The van der Waals surface area contributed by atoms with Gasteiger partial charge in [-0.3, -0.25) is 0 Å². The summed E-state index contributed by atoms with van der Waals surface area (Å²) in [5.74, 6) is 0.219. The van der Waals surface area contributed by atoms with E-state index in [1.165, 1.54) is 31.4 Å². The van der Waals surface area contributed by atoms with E-state index in [-0.39, 0.29) is 46.7 Å². The first-order valence-electron chi connectivity index (χ1n) is 13.1. The Kier molecular flexibility index (Phi) is 8.07. The number of sulfone groups is 1. The number of rotatable bonds is 9. The zero-order chi connectivity index (χ0) is 30.2. The molecule has 0 radical (unpaired) electrons. The van der Waals surface area contributed by atoms with Gasteiger partial charge in [-0.25, -0.2) is 12.8 Å². The molecule has 15 heteroatoms. The molecule has 2 aromatic carbocycles. The molecule has 1 fully saturated rings. The summed E-state index contributed by atoms with van der Waals surface area (Å²) in [6.45, 7) is -0.349. The zero-order valence-electron chi connectivity index (χ0n) is 23.1. The van der Waals surface area contributed by atoms with Crippen LogP contribution in [0.5, 0.6) is 5.75 Å². The monoisotopic (exact) mass is 610 g/mol. The highest BCUT2D eigenvalue weighted by Gasteiger charge is 2.32. The Hall–Kier alpha value is -3.85. The van der Waals surface area contributed by atoms with Crippen LogP contribution in [0, 0.1) is 0 Å². The maximum absolute atomic E-state index is 14.7. The summed E-state index contributed by atoms with van der Waals surface area (Å²) in [4.78, 5) is 1.97. The maximum atomic E-state index is 14.7. The smallest absolute Gasteiger partial charge is 0.406 e. The van der Waals surface area contributed by atoms with E-state index in [4.69, 9.17) is 9.15 Å². The first-order valence-corrected chi connectivity index (χ1v) is 14.9. The lowest BCUT2D eigenvalue weighted by Gasteiger charge is -2.33. The van der Waals surface area contributed by atoms with Crippen LogP contribution in [0.2, 0.25) is 0 Å². The lowest BCUT2D eigenvalue weighted by Crippen LogP contribution is -2.46. The van der Waals surface area contributed by atoms with Gasteiger partial charge in [0.05, 0.1) is 35.8 Å². The van der Waals surface area contributed by atoms with Crippen LogP contribution in [-0.4, -0.2) is 80.0 Å². The van der Waals surface area contributed by atoms with Crippen LogP contribution in [0.4, 0.5) is 28.9 Å². The zero-order valence-corrected chi connectivity index (χ0v) is 23.9. The van der Waals surface area contributed by atoms with Gasteiger partial charge in [0.2, 0.25) is 5.89 Å². The van der Waals surface area contributed by atoms with Crippen LogP contribution in [0.1, 0.15) is 12.3 Å². The SMILES string of the molecule is COc1cc(S(C)(=O)=O)ccc1NCc1nnc(-c2cc3c(N[C@H]4CCN(C)C[C@@H]4F)cccc3n2CC(F)(F)F)o1. The molecule has 1 aliphatic rings. The number of ether oxygens (including phenoxy) is 1. The van der Waals surface area contributed by atoms with E-state index in [0.717, 1.165) is 10.8 Å². The minimum Gasteiger partial charge on any atom is -0.495 e. The van der Waals surface area contributed by atoms with Crippen LogP contribution in [-0.2, 0) is 22.9 Å². The number of fused-ring (bicyclic) bond motifs is 1. The summed E-state index contributed by atoms with van der Waals surface area (Å²) < 4.78 is 91.6. The fourth-order valence-electron chi connectivity index (χ4n) is 5.00. The lowest BCUT2D eigenvalue weighted by molar-refractivity contribution is -0.139. The van der Waals surface area contributed by atoms with E-state index in [1.54, 1.807) is 18.2 Å². The van der Waals surface area contributed by atoms with Crippen molar-refractivity contribution in [2.45, 2.75) is 42.8 Å². The van der Waals surface area contributed by atoms with Crippen LogP contribution < -0.4 is 15.4 Å². The third-order valence-electron chi connectivity index (χ3n) is 7.09. The predicted octanol–water partition coefficient (Wildman–Crippen LogP) is 4.73. The first-order chi connectivity index (χ1) is 19.8. The molecule has 0 bridgehead atoms. The van der Waals surface area contributed by atoms with Crippen molar-refractivity contribution in [3.05, 3.63) is 48.4 Å². The molecule has 0 amide bonds. The fourth-order valence-corrected chi connectivity index (χ4v) is 5.64. The molecule has 0 saturated carbocycles. The van der Waals surface area contributed by atoms with E-state index >= 15 is 0 Å². The molecule has 0 aliphatic carbocycles. The molecule has 2 atom stereocenters. The molecule has 1 aliphatic heterocycles. The number of likely N-dealkylation sites (tertiary alicyclic amines) is 1. The van der Waals surface area contributed by atoms with Gasteiger partial charge in [-0.05, 0) is 43.8 Å². The Morgan fingerprint density at radius 2 is 1.93 bits per heavy atom. The number of halogens is 4. The summed E-state index contributed by atoms with van der Waals surface area (Å²) in [5, 5.41) is 14.7. The number of hydrogen-bond donors (Lipinski definition) is 2. The Bertz CT molecular complexity index is 1690. The molecule has 4 aromatic rings. The summed E-state index contributed by atoms with van der Waals surface area (Å²) >= 11 is 0. The number of alkyl halides is 4. The molecular weight excluding hydrogens is 580 g/mol. The van der Waals surface area contributed by atoms with Gasteiger partial charge in [-0.1, -0.05) is 6.07 Å². The van der Waals surface area contributed by atoms with Crippen molar-refractivity contribution in [3.63, 3.8) is 0 Å². The summed E-state index contributed by atoms with van der Waals surface area (Å²) in [6, 6.07) is 10.2. The number of piperidine rings is 1. The average molecular weight is 611 g/mol. The number of anilines is 2. The number of hydrogen-bond acceptors (Lipinski definition) is 9. The third-order valence-corrected chi connectivity index (χ3v) is 8.20. The number of aromatic nitrogens is 3. The van der Waals surface area contributed by atoms with Gasteiger partial charge in [0.1, 0.15) is 24.2 Å². The van der Waals surface area contributed by atoms with Crippen LogP contribution >= 0.6 is 0 Å². The first kappa shape index (κ1) is 29.6. The van der Waals surface area contributed by atoms with Crippen molar-refractivity contribution in [3.8, 4) is 17.3 Å². The molecular formula is C27H30F4N6O4S. The van der Waals surface area contributed by atoms with Crippen molar-refractivity contribution in [2.24, 2.45) is 0 Å². The number of benzene rings is 2. The molecule has 0 unspecified atom stereocenters.